The van der Waals surface area contributed by atoms with E-state index in [-0.39, 0.29) is 0 Å². The van der Waals surface area contributed by atoms with Gasteiger partial charge in [0.15, 0.2) is 0 Å². The highest BCUT2D eigenvalue weighted by molar-refractivity contribution is 7.85. The fraction of sp³-hybridized carbons (Fsp3) is 0.933. The van der Waals surface area contributed by atoms with Gasteiger partial charge in [0.25, 0.3) is 0 Å². The molecule has 0 aromatic carbocycles. The molecule has 6 nitrogen and oxygen atoms in total. The minimum Gasteiger partial charge on any atom is -0.748 e. The summed E-state index contributed by atoms with van der Waals surface area (Å²) >= 11 is 0. The molecule has 0 aromatic heterocycles. The van der Waals surface area contributed by atoms with Crippen LogP contribution in [0.4, 0.5) is 57.1 Å². The Morgan fingerprint density at radius 2 is 1.19 bits per heavy atom. The van der Waals surface area contributed by atoms with Crippen LogP contribution in [0.15, 0.2) is 0 Å². The highest BCUT2D eigenvalue weighted by Crippen LogP contribution is 2.60. The molecule has 0 radical (unpaired) electrons. The number of amides is 1. The van der Waals surface area contributed by atoms with Gasteiger partial charge in [-0.15, -0.1) is 0 Å². The lowest BCUT2D eigenvalue weighted by atomic mass is 9.93. The van der Waals surface area contributed by atoms with Crippen molar-refractivity contribution in [3.63, 3.8) is 0 Å². The van der Waals surface area contributed by atoms with Crippen molar-refractivity contribution in [2.75, 3.05) is 17.3 Å². The number of nitrogens with one attached hydrogen (secondary N) is 1. The molecule has 216 valence electrons. The third-order valence-electron chi connectivity index (χ3n) is 4.21. The molecule has 0 saturated heterocycles. The molecule has 0 aromatic rings. The first-order chi connectivity index (χ1) is 15.5. The maximum Gasteiger partial charge on any atom is 0.460 e. The van der Waals surface area contributed by atoms with Crippen LogP contribution in [0.25, 0.3) is 0 Å². The summed E-state index contributed by atoms with van der Waals surface area (Å²) in [4.78, 5) is 11.7. The standard InChI is InChI=1S/C15H18F13NO5S2/c1-9(2,7-36(32,33)34)29-8(30)3-5-35(31)6-4-10(16,17)11(18,19)12(20,21)13(22,23)14(24,25)15(26,27)28/h3-7H2,1-2H3,(H,29,30)(H,32,33,34)/p-1. The predicted octanol–water partition coefficient (Wildman–Crippen LogP) is 3.69. The van der Waals surface area contributed by atoms with E-state index in [1.165, 1.54) is 0 Å². The SMILES string of the molecule is CC(C)(CS(=O)(=O)[O-])NC(=O)CCS(=O)CCC(F)(F)C(F)(F)C(F)(F)C(F)(F)C(F)(F)C(F)(F)F. The smallest absolute Gasteiger partial charge is 0.460 e. The van der Waals surface area contributed by atoms with Crippen molar-refractivity contribution in [3.05, 3.63) is 0 Å². The van der Waals surface area contributed by atoms with Crippen LogP contribution in [0.3, 0.4) is 0 Å². The topological polar surface area (TPSA) is 103 Å². The summed E-state index contributed by atoms with van der Waals surface area (Å²) in [6.07, 6.45) is -11.1. The number of alkyl halides is 13. The monoisotopic (exact) mass is 602 g/mol. The maximum absolute atomic E-state index is 13.7. The van der Waals surface area contributed by atoms with E-state index in [2.05, 4.69) is 0 Å². The fourth-order valence-electron chi connectivity index (χ4n) is 2.43. The van der Waals surface area contributed by atoms with Crippen molar-refractivity contribution in [1.82, 2.24) is 5.32 Å². The maximum atomic E-state index is 13.7. The summed E-state index contributed by atoms with van der Waals surface area (Å²) in [5, 5.41) is 1.96. The Labute approximate surface area is 197 Å². The molecule has 0 fully saturated rings. The Kier molecular flexibility index (Phi) is 10.0. The normalized spacial score (nSPS) is 16.1. The lowest BCUT2D eigenvalue weighted by Crippen LogP contribution is -2.70. The zero-order valence-corrected chi connectivity index (χ0v) is 19.4. The molecule has 1 N–H and O–H groups in total. The third-order valence-corrected chi connectivity index (χ3v) is 6.61. The second-order valence-electron chi connectivity index (χ2n) is 7.98. The summed E-state index contributed by atoms with van der Waals surface area (Å²) < 4.78 is 213. The molecule has 1 amide bonds. The molecule has 36 heavy (non-hydrogen) atoms. The molecule has 1 atom stereocenters. The Hall–Kier alpha value is -1.38. The van der Waals surface area contributed by atoms with Gasteiger partial charge < -0.3 is 9.87 Å². The van der Waals surface area contributed by atoms with Crippen molar-refractivity contribution in [2.24, 2.45) is 0 Å². The van der Waals surface area contributed by atoms with Crippen LogP contribution < -0.4 is 5.32 Å². The zero-order chi connectivity index (χ0) is 29.4. The molecule has 0 spiro atoms. The second-order valence-corrected chi connectivity index (χ2v) is 11.1. The first kappa shape index (κ1) is 34.6. The Morgan fingerprint density at radius 1 is 0.778 bits per heavy atom. The third kappa shape index (κ3) is 7.57. The van der Waals surface area contributed by atoms with Gasteiger partial charge in [-0.25, -0.2) is 8.42 Å². The van der Waals surface area contributed by atoms with Crippen LogP contribution >= 0.6 is 0 Å². The van der Waals surface area contributed by atoms with Crippen molar-refractivity contribution < 1.29 is 79.0 Å². The van der Waals surface area contributed by atoms with E-state index in [4.69, 9.17) is 0 Å². The van der Waals surface area contributed by atoms with Crippen molar-refractivity contribution in [1.29, 1.82) is 0 Å². The van der Waals surface area contributed by atoms with Crippen LogP contribution in [-0.2, 0) is 25.7 Å². The average Bonchev–Trinajstić information content (AvgIpc) is 2.60. The average molecular weight is 602 g/mol. The molecule has 0 heterocycles. The second kappa shape index (κ2) is 10.4. The highest BCUT2D eigenvalue weighted by Gasteiger charge is 2.90. The van der Waals surface area contributed by atoms with Gasteiger partial charge in [-0.1, -0.05) is 0 Å². The molecule has 0 aliphatic rings. The minimum atomic E-state index is -8.03. The van der Waals surface area contributed by atoms with Crippen LogP contribution in [-0.4, -0.2) is 81.7 Å². The van der Waals surface area contributed by atoms with Gasteiger partial charge in [0, 0.05) is 40.7 Å². The summed E-state index contributed by atoms with van der Waals surface area (Å²) in [6.45, 7) is 2.11. The number of hydrogen-bond acceptors (Lipinski definition) is 5. The quantitative estimate of drug-likeness (QED) is 0.256. The van der Waals surface area contributed by atoms with Crippen molar-refractivity contribution >= 4 is 26.8 Å². The van der Waals surface area contributed by atoms with E-state index >= 15 is 0 Å². The Balaban J connectivity index is 5.40. The minimum absolute atomic E-state index is 0.900. The lowest BCUT2D eigenvalue weighted by molar-refractivity contribution is -0.439. The van der Waals surface area contributed by atoms with Gasteiger partial charge in [0.2, 0.25) is 5.91 Å². The molecular weight excluding hydrogens is 585 g/mol. The number of halogens is 13. The number of carbonyl (C=O) groups is 1. The van der Waals surface area contributed by atoms with Crippen molar-refractivity contribution in [3.8, 4) is 0 Å². The van der Waals surface area contributed by atoms with Crippen molar-refractivity contribution in [2.45, 2.75) is 68.0 Å². The first-order valence-corrected chi connectivity index (χ1v) is 12.1. The van der Waals surface area contributed by atoms with Crippen LogP contribution in [0.2, 0.25) is 0 Å². The molecule has 0 aliphatic carbocycles. The van der Waals surface area contributed by atoms with E-state index in [0.29, 0.717) is 0 Å². The lowest BCUT2D eigenvalue weighted by Gasteiger charge is -2.39. The summed E-state index contributed by atoms with van der Waals surface area (Å²) in [5.74, 6) is -42.7. The van der Waals surface area contributed by atoms with Gasteiger partial charge in [-0.2, -0.15) is 57.1 Å². The fourth-order valence-corrected chi connectivity index (χ4v) is 4.48. The Morgan fingerprint density at radius 3 is 1.58 bits per heavy atom. The molecule has 0 saturated carbocycles. The van der Waals surface area contributed by atoms with Gasteiger partial charge >= 0.3 is 35.8 Å². The molecule has 21 heteroatoms. The van der Waals surface area contributed by atoms with E-state index in [9.17, 15) is 79.0 Å². The van der Waals surface area contributed by atoms with E-state index < -0.39 is 98.3 Å². The Bertz CT molecular complexity index is 933. The predicted molar refractivity (Wildman–Crippen MR) is 94.7 cm³/mol. The summed E-state index contributed by atoms with van der Waals surface area (Å²) in [7, 11) is -7.60. The molecule has 0 bridgehead atoms. The van der Waals surface area contributed by atoms with Gasteiger partial charge in [0.1, 0.15) is 0 Å². The van der Waals surface area contributed by atoms with Gasteiger partial charge in [-0.05, 0) is 13.8 Å². The zero-order valence-electron chi connectivity index (χ0n) is 17.8. The van der Waals surface area contributed by atoms with Crippen LogP contribution in [0.5, 0.6) is 0 Å². The molecule has 0 rings (SSSR count). The van der Waals surface area contributed by atoms with E-state index in [0.717, 1.165) is 13.8 Å². The molecule has 0 aliphatic heterocycles. The number of rotatable bonds is 13. The summed E-state index contributed by atoms with van der Waals surface area (Å²) in [6, 6.07) is 0. The van der Waals surface area contributed by atoms with E-state index in [1.807, 2.05) is 5.32 Å². The number of carbonyl (C=O) groups excluding carboxylic acids is 1. The largest absolute Gasteiger partial charge is 0.748 e. The number of hydrogen-bond donors (Lipinski definition) is 1. The first-order valence-electron chi connectivity index (χ1n) is 9.00. The van der Waals surface area contributed by atoms with E-state index in [1.54, 1.807) is 0 Å². The summed E-state index contributed by atoms with van der Waals surface area (Å²) in [5.41, 5.74) is -1.68. The molecule has 1 unspecified atom stereocenters. The highest BCUT2D eigenvalue weighted by atomic mass is 32.2. The van der Waals surface area contributed by atoms with Crippen LogP contribution in [0, 0.1) is 0 Å². The van der Waals surface area contributed by atoms with Gasteiger partial charge in [0.05, 0.1) is 15.9 Å². The molecular formula is C15H17F13NO5S2-. The van der Waals surface area contributed by atoms with Crippen LogP contribution in [0.1, 0.15) is 26.7 Å². The van der Waals surface area contributed by atoms with Gasteiger partial charge in [-0.3, -0.25) is 9.00 Å².